The fourth-order valence-electron chi connectivity index (χ4n) is 3.83. The second-order valence-corrected chi connectivity index (χ2v) is 10.9. The van der Waals surface area contributed by atoms with Gasteiger partial charge < -0.3 is 29.9 Å². The van der Waals surface area contributed by atoms with Crippen molar-refractivity contribution in [3.05, 3.63) is 12.7 Å². The molecular weight excluding hydrogens is 428 g/mol. The van der Waals surface area contributed by atoms with Crippen LogP contribution in [0.5, 0.6) is 0 Å². The van der Waals surface area contributed by atoms with Gasteiger partial charge in [-0.05, 0) is 6.42 Å². The fraction of sp³-hybridized carbons (Fsp3) is 0.643. The average Bonchev–Trinajstić information content (AvgIpc) is 3.18. The molecule has 0 aromatic carbocycles. The Morgan fingerprint density at radius 1 is 1.24 bits per heavy atom. The maximum atomic E-state index is 12.0. The second-order valence-electron chi connectivity index (χ2n) is 7.20. The van der Waals surface area contributed by atoms with E-state index in [1.54, 1.807) is 0 Å². The summed E-state index contributed by atoms with van der Waals surface area (Å²) in [6.45, 7) is 1.03. The zero-order chi connectivity index (χ0) is 21.1. The van der Waals surface area contributed by atoms with E-state index in [0.29, 0.717) is 11.2 Å². The molecule has 1 aliphatic heterocycles. The van der Waals surface area contributed by atoms with Crippen LogP contribution in [0.3, 0.4) is 0 Å². The van der Waals surface area contributed by atoms with Crippen molar-refractivity contribution in [2.45, 2.75) is 36.6 Å². The molecule has 15 heteroatoms. The topological polar surface area (TPSA) is 192 Å². The van der Waals surface area contributed by atoms with Crippen molar-refractivity contribution in [3.63, 3.8) is 0 Å². The largest absolute Gasteiger partial charge is 0.382 e. The van der Waals surface area contributed by atoms with Crippen LogP contribution in [-0.2, 0) is 23.1 Å². The number of nitrogens with two attached hydrogens (primary N) is 1. The number of methoxy groups -OCH3 is 1. The zero-order valence-corrected chi connectivity index (χ0v) is 17.3. The molecular formula is C14H21N5O8P2. The summed E-state index contributed by atoms with van der Waals surface area (Å²) < 4.78 is 42.1. The van der Waals surface area contributed by atoms with Crippen LogP contribution in [0.4, 0.5) is 5.82 Å². The highest BCUT2D eigenvalue weighted by molar-refractivity contribution is 7.53. The van der Waals surface area contributed by atoms with E-state index in [-0.39, 0.29) is 12.2 Å². The number of fused-ring (bicyclic) bond motifs is 1. The molecule has 1 saturated heterocycles. The number of hydrogen-bond acceptors (Lipinski definition) is 9. The number of ether oxygens (including phenoxy) is 2. The lowest BCUT2D eigenvalue weighted by Gasteiger charge is -2.24. The normalized spacial score (nSPS) is 34.4. The molecule has 3 heterocycles. The first-order chi connectivity index (χ1) is 13.5. The molecule has 2 aromatic heterocycles. The Labute approximate surface area is 164 Å². The van der Waals surface area contributed by atoms with Crippen LogP contribution in [0.15, 0.2) is 12.7 Å². The number of nitrogens with zero attached hydrogens (tertiary/aromatic N) is 4. The summed E-state index contributed by atoms with van der Waals surface area (Å²) >= 11 is 0. The third-order valence-corrected chi connectivity index (χ3v) is 7.23. The predicted molar refractivity (Wildman–Crippen MR) is 99.0 cm³/mol. The van der Waals surface area contributed by atoms with Gasteiger partial charge in [0.25, 0.3) is 0 Å². The maximum Gasteiger partial charge on any atom is 0.328 e. The standard InChI is InChI=1S/C14H21N5O8P2/c1-25-11-10(27-28(2,20)21)9(6-3-7(6)29(22,23)24)26-14(11)19-5-18-8-12(15)16-4-17-13(8)19/h4-7,9-11,14H,3H2,1-2H3,(H,20,21)(H2,15,16,17)(H2,22,23,24). The molecule has 1 saturated carbocycles. The molecule has 2 fully saturated rings. The monoisotopic (exact) mass is 449 g/mol. The molecule has 160 valence electrons. The summed E-state index contributed by atoms with van der Waals surface area (Å²) in [7, 11) is -6.91. The van der Waals surface area contributed by atoms with E-state index < -0.39 is 51.3 Å². The van der Waals surface area contributed by atoms with E-state index in [2.05, 4.69) is 15.0 Å². The first-order valence-electron chi connectivity index (χ1n) is 8.66. The number of anilines is 1. The molecule has 7 atom stereocenters. The van der Waals surface area contributed by atoms with Gasteiger partial charge in [-0.1, -0.05) is 0 Å². The molecule has 29 heavy (non-hydrogen) atoms. The third-order valence-electron chi connectivity index (χ3n) is 5.13. The lowest BCUT2D eigenvalue weighted by atomic mass is 10.1. The van der Waals surface area contributed by atoms with E-state index in [1.807, 2.05) is 0 Å². The van der Waals surface area contributed by atoms with Crippen LogP contribution in [0.1, 0.15) is 12.6 Å². The molecule has 4 rings (SSSR count). The summed E-state index contributed by atoms with van der Waals surface area (Å²) in [5.74, 6) is -0.383. The first-order valence-corrected chi connectivity index (χ1v) is 12.4. The lowest BCUT2D eigenvalue weighted by Crippen LogP contribution is -2.36. The van der Waals surface area contributed by atoms with Gasteiger partial charge in [-0.25, -0.2) is 15.0 Å². The first kappa shape index (κ1) is 20.8. The van der Waals surface area contributed by atoms with E-state index in [9.17, 15) is 23.8 Å². The number of imidazole rings is 1. The van der Waals surface area contributed by atoms with Gasteiger partial charge in [0.15, 0.2) is 17.7 Å². The van der Waals surface area contributed by atoms with Gasteiger partial charge in [0, 0.05) is 19.7 Å². The van der Waals surface area contributed by atoms with Crippen molar-refractivity contribution in [2.24, 2.45) is 5.92 Å². The minimum atomic E-state index is -4.33. The number of rotatable bonds is 6. The minimum absolute atomic E-state index is 0.169. The third kappa shape index (κ3) is 3.85. The summed E-state index contributed by atoms with van der Waals surface area (Å²) in [4.78, 5) is 41.0. The molecule has 7 unspecified atom stereocenters. The van der Waals surface area contributed by atoms with Gasteiger partial charge >= 0.3 is 15.2 Å². The maximum absolute atomic E-state index is 12.0. The molecule has 0 radical (unpaired) electrons. The smallest absolute Gasteiger partial charge is 0.328 e. The number of aromatic nitrogens is 4. The Bertz CT molecular complexity index is 1020. The molecule has 0 bridgehead atoms. The van der Waals surface area contributed by atoms with E-state index >= 15 is 0 Å². The van der Waals surface area contributed by atoms with Gasteiger partial charge in [-0.2, -0.15) is 0 Å². The number of nitrogen functional groups attached to an aromatic ring is 1. The lowest BCUT2D eigenvalue weighted by molar-refractivity contribution is -0.0525. The van der Waals surface area contributed by atoms with Crippen LogP contribution in [0.2, 0.25) is 0 Å². The highest BCUT2D eigenvalue weighted by Crippen LogP contribution is 2.62. The van der Waals surface area contributed by atoms with Gasteiger partial charge in [0.05, 0.1) is 18.1 Å². The van der Waals surface area contributed by atoms with Crippen LogP contribution in [0, 0.1) is 5.92 Å². The van der Waals surface area contributed by atoms with Crippen molar-refractivity contribution in [2.75, 3.05) is 19.5 Å². The molecule has 1 aliphatic carbocycles. The quantitative estimate of drug-likeness (QED) is 0.435. The molecule has 13 nitrogen and oxygen atoms in total. The SMILES string of the molecule is COC1C(OP(C)(=O)O)C(C2CC2P(=O)(O)O)OC1n1cnc2c(N)ncnc21. The molecule has 5 N–H and O–H groups in total. The van der Waals surface area contributed by atoms with Crippen LogP contribution in [0.25, 0.3) is 11.2 Å². The van der Waals surface area contributed by atoms with Gasteiger partial charge in [0.2, 0.25) is 0 Å². The highest BCUT2D eigenvalue weighted by atomic mass is 31.2. The van der Waals surface area contributed by atoms with Gasteiger partial charge in [0.1, 0.15) is 24.1 Å². The van der Waals surface area contributed by atoms with Crippen molar-refractivity contribution in [3.8, 4) is 0 Å². The van der Waals surface area contributed by atoms with Gasteiger partial charge in [-0.3, -0.25) is 18.2 Å². The molecule has 2 aliphatic rings. The Morgan fingerprint density at radius 3 is 2.55 bits per heavy atom. The predicted octanol–water partition coefficient (Wildman–Crippen LogP) is 0.0875. The van der Waals surface area contributed by atoms with Crippen molar-refractivity contribution < 1.29 is 37.8 Å². The Hall–Kier alpha value is -1.43. The van der Waals surface area contributed by atoms with Crippen molar-refractivity contribution in [1.82, 2.24) is 19.5 Å². The highest BCUT2D eigenvalue weighted by Gasteiger charge is 2.61. The summed E-state index contributed by atoms with van der Waals surface area (Å²) in [6, 6.07) is 0. The van der Waals surface area contributed by atoms with Crippen molar-refractivity contribution in [1.29, 1.82) is 0 Å². The average molecular weight is 449 g/mol. The van der Waals surface area contributed by atoms with Crippen LogP contribution in [-0.4, -0.2) is 71.9 Å². The van der Waals surface area contributed by atoms with Crippen LogP contribution >= 0.6 is 15.2 Å². The summed E-state index contributed by atoms with van der Waals surface area (Å²) in [5, 5.41) is 0. The van der Waals surface area contributed by atoms with Crippen LogP contribution < -0.4 is 5.73 Å². The van der Waals surface area contributed by atoms with Gasteiger partial charge in [-0.15, -0.1) is 0 Å². The number of hydrogen-bond donors (Lipinski definition) is 4. The van der Waals surface area contributed by atoms with E-state index in [1.165, 1.54) is 24.3 Å². The second kappa shape index (κ2) is 7.07. The Kier molecular flexibility index (Phi) is 5.08. The minimum Gasteiger partial charge on any atom is -0.382 e. The molecule has 2 aromatic rings. The van der Waals surface area contributed by atoms with E-state index in [0.717, 1.165) is 6.66 Å². The summed E-state index contributed by atoms with van der Waals surface area (Å²) in [6.07, 6.45) is -0.771. The molecule has 0 amide bonds. The van der Waals surface area contributed by atoms with E-state index in [4.69, 9.17) is 19.7 Å². The summed E-state index contributed by atoms with van der Waals surface area (Å²) in [5.41, 5.74) is 5.62. The van der Waals surface area contributed by atoms with Crippen molar-refractivity contribution >= 4 is 32.2 Å². The zero-order valence-electron chi connectivity index (χ0n) is 15.5. The molecule has 0 spiro atoms. The fourth-order valence-corrected chi connectivity index (χ4v) is 5.70. The Balaban J connectivity index is 1.72. The Morgan fingerprint density at radius 2 is 1.97 bits per heavy atom.